The van der Waals surface area contributed by atoms with Crippen LogP contribution in [0.5, 0.6) is 0 Å². The van der Waals surface area contributed by atoms with E-state index in [4.69, 9.17) is 0 Å². The number of aromatic nitrogens is 3. The van der Waals surface area contributed by atoms with Crippen LogP contribution in [0.2, 0.25) is 0 Å². The minimum atomic E-state index is 0.752. The number of aliphatic imine (C=N–C) groups is 1. The number of likely N-dealkylation sites (tertiary alicyclic amines) is 2. The average molecular weight is 382 g/mol. The van der Waals surface area contributed by atoms with Gasteiger partial charge in [-0.05, 0) is 49.9 Å². The number of hydrogen-bond donors (Lipinski definition) is 2. The van der Waals surface area contributed by atoms with Gasteiger partial charge in [0.25, 0.3) is 0 Å². The molecule has 7 nitrogen and oxygen atoms in total. The Hall–Kier alpha value is -2.41. The van der Waals surface area contributed by atoms with Crippen molar-refractivity contribution in [2.75, 3.05) is 39.8 Å². The van der Waals surface area contributed by atoms with E-state index >= 15 is 0 Å². The predicted molar refractivity (Wildman–Crippen MR) is 112 cm³/mol. The Balaban J connectivity index is 1.30. The first-order chi connectivity index (χ1) is 13.8. The van der Waals surface area contributed by atoms with E-state index in [1.54, 1.807) is 0 Å². The van der Waals surface area contributed by atoms with Crippen molar-refractivity contribution in [1.82, 2.24) is 30.3 Å². The molecule has 150 valence electrons. The lowest BCUT2D eigenvalue weighted by molar-refractivity contribution is 0.198. The molecule has 0 bridgehead atoms. The van der Waals surface area contributed by atoms with E-state index in [9.17, 15) is 0 Å². The topological polar surface area (TPSA) is 72.4 Å². The fourth-order valence-corrected chi connectivity index (χ4v) is 4.37. The van der Waals surface area contributed by atoms with E-state index < -0.39 is 0 Å². The molecule has 1 aromatic carbocycles. The van der Waals surface area contributed by atoms with Crippen LogP contribution in [0.3, 0.4) is 0 Å². The number of aromatic amines is 1. The minimum Gasteiger partial charge on any atom is -0.352 e. The van der Waals surface area contributed by atoms with Crippen LogP contribution in [-0.4, -0.2) is 70.7 Å². The minimum absolute atomic E-state index is 0.752. The number of guanidine groups is 1. The Bertz CT molecular complexity index is 765. The highest BCUT2D eigenvalue weighted by molar-refractivity contribution is 5.80. The molecule has 0 spiro atoms. The van der Waals surface area contributed by atoms with Gasteiger partial charge in [-0.15, -0.1) is 0 Å². The molecule has 7 heteroatoms. The van der Waals surface area contributed by atoms with Gasteiger partial charge in [0.2, 0.25) is 0 Å². The first-order valence-corrected chi connectivity index (χ1v) is 10.4. The molecule has 1 aromatic heterocycles. The number of benzene rings is 1. The smallest absolute Gasteiger partial charge is 0.193 e. The van der Waals surface area contributed by atoms with Gasteiger partial charge < -0.3 is 15.1 Å². The molecule has 4 rings (SSSR count). The van der Waals surface area contributed by atoms with Crippen molar-refractivity contribution in [2.24, 2.45) is 10.9 Å². The van der Waals surface area contributed by atoms with Gasteiger partial charge in [-0.1, -0.05) is 24.6 Å². The zero-order valence-electron chi connectivity index (χ0n) is 16.8. The highest BCUT2D eigenvalue weighted by Crippen LogP contribution is 2.20. The van der Waals surface area contributed by atoms with Crippen LogP contribution in [0.15, 0.2) is 35.6 Å². The molecule has 0 saturated carbocycles. The molecule has 0 aliphatic carbocycles. The van der Waals surface area contributed by atoms with E-state index in [1.165, 1.54) is 57.2 Å². The number of nitrogens with one attached hydrogen (secondary N) is 2. The maximum atomic E-state index is 4.53. The van der Waals surface area contributed by atoms with Crippen LogP contribution in [0, 0.1) is 5.92 Å². The molecular formula is C21H31N7. The van der Waals surface area contributed by atoms with E-state index in [0.29, 0.717) is 0 Å². The van der Waals surface area contributed by atoms with Gasteiger partial charge in [0.1, 0.15) is 6.33 Å². The Kier molecular flexibility index (Phi) is 6.21. The molecule has 2 aliphatic rings. The largest absolute Gasteiger partial charge is 0.352 e. The average Bonchev–Trinajstić information content (AvgIpc) is 3.42. The van der Waals surface area contributed by atoms with Gasteiger partial charge in [-0.3, -0.25) is 10.1 Å². The molecule has 2 fully saturated rings. The van der Waals surface area contributed by atoms with E-state index in [1.807, 2.05) is 13.1 Å². The SMILES string of the molecule is CN=C(NCc1cccc(-c2ncn[nH]2)c1)N1CCC(CN2CCCCC2)C1. The van der Waals surface area contributed by atoms with Gasteiger partial charge >= 0.3 is 0 Å². The molecule has 2 N–H and O–H groups in total. The highest BCUT2D eigenvalue weighted by atomic mass is 15.3. The van der Waals surface area contributed by atoms with Crippen LogP contribution >= 0.6 is 0 Å². The van der Waals surface area contributed by atoms with Crippen LogP contribution in [0.4, 0.5) is 0 Å². The first-order valence-electron chi connectivity index (χ1n) is 10.4. The molecule has 2 aromatic rings. The summed E-state index contributed by atoms with van der Waals surface area (Å²) in [5.74, 6) is 2.56. The van der Waals surface area contributed by atoms with Gasteiger partial charge in [0.15, 0.2) is 11.8 Å². The molecular weight excluding hydrogens is 350 g/mol. The highest BCUT2D eigenvalue weighted by Gasteiger charge is 2.26. The first kappa shape index (κ1) is 18.9. The Morgan fingerprint density at radius 1 is 1.25 bits per heavy atom. The van der Waals surface area contributed by atoms with Crippen LogP contribution in [0.25, 0.3) is 11.4 Å². The number of hydrogen-bond acceptors (Lipinski definition) is 4. The summed E-state index contributed by atoms with van der Waals surface area (Å²) in [6.07, 6.45) is 6.94. The molecule has 1 unspecified atom stereocenters. The number of nitrogens with zero attached hydrogens (tertiary/aromatic N) is 5. The second-order valence-electron chi connectivity index (χ2n) is 7.90. The lowest BCUT2D eigenvalue weighted by Crippen LogP contribution is -2.41. The van der Waals surface area contributed by atoms with Crippen molar-refractivity contribution in [3.8, 4) is 11.4 Å². The third-order valence-corrected chi connectivity index (χ3v) is 5.83. The van der Waals surface area contributed by atoms with Crippen LogP contribution < -0.4 is 5.32 Å². The summed E-state index contributed by atoms with van der Waals surface area (Å²) in [7, 11) is 1.88. The lowest BCUT2D eigenvalue weighted by atomic mass is 10.1. The zero-order chi connectivity index (χ0) is 19.2. The quantitative estimate of drug-likeness (QED) is 0.614. The summed E-state index contributed by atoms with van der Waals surface area (Å²) < 4.78 is 0. The summed E-state index contributed by atoms with van der Waals surface area (Å²) in [4.78, 5) is 13.8. The third kappa shape index (κ3) is 4.70. The number of rotatable bonds is 5. The van der Waals surface area contributed by atoms with Crippen LogP contribution in [0.1, 0.15) is 31.2 Å². The molecule has 3 heterocycles. The standard InChI is InChI=1S/C21H31N7/c1-22-21(28-11-8-18(15-28)14-27-9-3-2-4-10-27)23-13-17-6-5-7-19(12-17)20-24-16-25-26-20/h5-7,12,16,18H,2-4,8-11,13-15H2,1H3,(H,22,23)(H,24,25,26). The number of piperidine rings is 1. The zero-order valence-corrected chi connectivity index (χ0v) is 16.8. The normalized spacial score (nSPS) is 21.2. The van der Waals surface area contributed by atoms with Crippen molar-refractivity contribution in [2.45, 2.75) is 32.2 Å². The third-order valence-electron chi connectivity index (χ3n) is 5.83. The Morgan fingerprint density at radius 3 is 2.93 bits per heavy atom. The maximum absolute atomic E-state index is 4.53. The monoisotopic (exact) mass is 381 g/mol. The van der Waals surface area contributed by atoms with Gasteiger partial charge in [-0.25, -0.2) is 4.98 Å². The molecule has 1 atom stereocenters. The van der Waals surface area contributed by atoms with Crippen molar-refractivity contribution in [3.05, 3.63) is 36.2 Å². The van der Waals surface area contributed by atoms with Crippen LogP contribution in [-0.2, 0) is 6.54 Å². The molecule has 28 heavy (non-hydrogen) atoms. The van der Waals surface area contributed by atoms with Gasteiger partial charge in [0.05, 0.1) is 0 Å². The van der Waals surface area contributed by atoms with Gasteiger partial charge in [0, 0.05) is 38.8 Å². The molecule has 0 amide bonds. The van der Waals surface area contributed by atoms with Crippen molar-refractivity contribution < 1.29 is 0 Å². The maximum Gasteiger partial charge on any atom is 0.193 e. The summed E-state index contributed by atoms with van der Waals surface area (Å²) in [6.45, 7) is 6.76. The van der Waals surface area contributed by atoms with E-state index in [-0.39, 0.29) is 0 Å². The van der Waals surface area contributed by atoms with E-state index in [2.05, 4.69) is 53.5 Å². The fraction of sp³-hybridized carbons (Fsp3) is 0.571. The Labute approximate surface area is 167 Å². The summed E-state index contributed by atoms with van der Waals surface area (Å²) in [6, 6.07) is 8.37. The number of H-pyrrole nitrogens is 1. The molecule has 2 saturated heterocycles. The Morgan fingerprint density at radius 2 is 2.14 bits per heavy atom. The summed E-state index contributed by atoms with van der Waals surface area (Å²) in [5, 5.41) is 10.4. The lowest BCUT2D eigenvalue weighted by Gasteiger charge is -2.29. The fourth-order valence-electron chi connectivity index (χ4n) is 4.37. The van der Waals surface area contributed by atoms with Gasteiger partial charge in [-0.2, -0.15) is 5.10 Å². The second-order valence-corrected chi connectivity index (χ2v) is 7.90. The molecule has 2 aliphatic heterocycles. The van der Waals surface area contributed by atoms with Crippen molar-refractivity contribution >= 4 is 5.96 Å². The van der Waals surface area contributed by atoms with Crippen molar-refractivity contribution in [1.29, 1.82) is 0 Å². The molecule has 0 radical (unpaired) electrons. The summed E-state index contributed by atoms with van der Waals surface area (Å²) >= 11 is 0. The second kappa shape index (κ2) is 9.19. The van der Waals surface area contributed by atoms with Crippen molar-refractivity contribution in [3.63, 3.8) is 0 Å². The predicted octanol–water partition coefficient (Wildman–Crippen LogP) is 2.35. The summed E-state index contributed by atoms with van der Waals surface area (Å²) in [5.41, 5.74) is 2.26. The van der Waals surface area contributed by atoms with E-state index in [0.717, 1.165) is 42.9 Å².